The maximum absolute atomic E-state index is 12.9. The van der Waals surface area contributed by atoms with Crippen molar-refractivity contribution in [3.63, 3.8) is 0 Å². The zero-order valence-corrected chi connectivity index (χ0v) is 15.4. The van der Waals surface area contributed by atoms with Gasteiger partial charge >= 0.3 is 5.69 Å². The van der Waals surface area contributed by atoms with E-state index in [1.54, 1.807) is 28.9 Å². The lowest BCUT2D eigenvalue weighted by Gasteiger charge is -2.32. The van der Waals surface area contributed by atoms with Gasteiger partial charge in [0.25, 0.3) is 0 Å². The summed E-state index contributed by atoms with van der Waals surface area (Å²) >= 11 is 1.55. The van der Waals surface area contributed by atoms with E-state index in [9.17, 15) is 14.4 Å². The first-order valence-electron chi connectivity index (χ1n) is 8.56. The number of aromatic nitrogens is 2. The maximum Gasteiger partial charge on any atom is 0.347 e. The molecule has 1 aromatic carbocycles. The molecule has 0 saturated carbocycles. The fraction of sp³-hybridized carbons (Fsp3) is 0.368. The second-order valence-electron chi connectivity index (χ2n) is 6.27. The minimum absolute atomic E-state index is 0.0466. The molecule has 2 heterocycles. The molecule has 0 bridgehead atoms. The van der Waals surface area contributed by atoms with Crippen LogP contribution in [0.2, 0.25) is 0 Å². The Morgan fingerprint density at radius 2 is 2.08 bits per heavy atom. The molecule has 1 atom stereocenters. The minimum Gasteiger partial charge on any atom is -0.340 e. The van der Waals surface area contributed by atoms with Gasteiger partial charge in [0.05, 0.1) is 0 Å². The van der Waals surface area contributed by atoms with E-state index < -0.39 is 5.69 Å². The van der Waals surface area contributed by atoms with Gasteiger partial charge < -0.3 is 4.90 Å². The number of hydrogen-bond acceptors (Lipinski definition) is 5. The van der Waals surface area contributed by atoms with E-state index in [4.69, 9.17) is 0 Å². The van der Waals surface area contributed by atoms with Crippen molar-refractivity contribution in [2.75, 3.05) is 19.3 Å². The average molecular weight is 371 g/mol. The van der Waals surface area contributed by atoms with Gasteiger partial charge in [-0.25, -0.2) is 9.78 Å². The van der Waals surface area contributed by atoms with Gasteiger partial charge in [0.2, 0.25) is 5.91 Å². The lowest BCUT2D eigenvalue weighted by atomic mass is 9.90. The molecule has 1 unspecified atom stereocenters. The second-order valence-corrected chi connectivity index (χ2v) is 7.12. The minimum atomic E-state index is -0.445. The summed E-state index contributed by atoms with van der Waals surface area (Å²) < 4.78 is 1.29. The Morgan fingerprint density at radius 3 is 2.85 bits per heavy atom. The van der Waals surface area contributed by atoms with Crippen molar-refractivity contribution in [1.29, 1.82) is 0 Å². The molecule has 0 spiro atoms. The molecule has 1 aromatic heterocycles. The first-order valence-corrected chi connectivity index (χ1v) is 9.79. The highest BCUT2D eigenvalue weighted by molar-refractivity contribution is 7.98. The number of nitrogens with zero attached hydrogens (tertiary/aromatic N) is 3. The van der Waals surface area contributed by atoms with Crippen LogP contribution in [0.1, 0.15) is 23.2 Å². The number of hydrogen-bond donors (Lipinski definition) is 0. The molecular weight excluding hydrogens is 350 g/mol. The van der Waals surface area contributed by atoms with E-state index in [2.05, 4.69) is 4.98 Å². The van der Waals surface area contributed by atoms with Gasteiger partial charge in [-0.2, -0.15) is 0 Å². The summed E-state index contributed by atoms with van der Waals surface area (Å²) in [6.45, 7) is 0.964. The van der Waals surface area contributed by atoms with E-state index in [1.165, 1.54) is 10.8 Å². The number of amides is 1. The molecule has 1 aliphatic heterocycles. The van der Waals surface area contributed by atoms with Crippen LogP contribution in [0.3, 0.4) is 0 Å². The van der Waals surface area contributed by atoms with E-state index >= 15 is 0 Å². The molecule has 136 valence electrons. The number of carbonyl (C=O) groups excluding carboxylic acids is 2. The predicted molar refractivity (Wildman–Crippen MR) is 100 cm³/mol. The monoisotopic (exact) mass is 371 g/mol. The number of likely N-dealkylation sites (tertiary alicyclic amines) is 1. The van der Waals surface area contributed by atoms with Crippen molar-refractivity contribution < 1.29 is 9.59 Å². The van der Waals surface area contributed by atoms with E-state index in [-0.39, 0.29) is 24.2 Å². The Labute approximate surface area is 156 Å². The molecule has 26 heavy (non-hydrogen) atoms. The van der Waals surface area contributed by atoms with Gasteiger partial charge in [0.1, 0.15) is 6.54 Å². The summed E-state index contributed by atoms with van der Waals surface area (Å²) in [5.41, 5.74) is 0.280. The smallest absolute Gasteiger partial charge is 0.340 e. The number of Topliss-reactive ketones (excluding diaryl/α,β-unsaturated/α-hetero) is 1. The van der Waals surface area contributed by atoms with Crippen molar-refractivity contribution >= 4 is 23.5 Å². The molecule has 1 saturated heterocycles. The first-order chi connectivity index (χ1) is 12.6. The van der Waals surface area contributed by atoms with Crippen molar-refractivity contribution in [2.45, 2.75) is 24.3 Å². The van der Waals surface area contributed by atoms with E-state index in [0.717, 1.165) is 23.3 Å². The number of ketones is 1. The van der Waals surface area contributed by atoms with Crippen LogP contribution in [-0.2, 0) is 11.3 Å². The molecule has 3 rings (SSSR count). The molecule has 1 fully saturated rings. The summed E-state index contributed by atoms with van der Waals surface area (Å²) in [6.07, 6.45) is 6.47. The Balaban J connectivity index is 1.71. The number of benzene rings is 1. The quantitative estimate of drug-likeness (QED) is 0.594. The third-order valence-electron chi connectivity index (χ3n) is 4.61. The number of rotatable bonds is 5. The predicted octanol–water partition coefficient (Wildman–Crippen LogP) is 2.09. The highest BCUT2D eigenvalue weighted by Gasteiger charge is 2.30. The fourth-order valence-corrected chi connectivity index (χ4v) is 3.84. The number of carbonyl (C=O) groups is 2. The van der Waals surface area contributed by atoms with Crippen LogP contribution in [0.5, 0.6) is 0 Å². The van der Waals surface area contributed by atoms with Crippen LogP contribution >= 0.6 is 11.8 Å². The maximum atomic E-state index is 12.9. The average Bonchev–Trinajstić information content (AvgIpc) is 2.69. The van der Waals surface area contributed by atoms with Gasteiger partial charge in [-0.3, -0.25) is 14.2 Å². The van der Waals surface area contributed by atoms with Crippen LogP contribution in [0.15, 0.2) is 52.4 Å². The molecule has 0 N–H and O–H groups in total. The molecule has 0 aliphatic carbocycles. The molecule has 0 radical (unpaired) electrons. The first kappa shape index (κ1) is 18.4. The van der Waals surface area contributed by atoms with Crippen molar-refractivity contribution in [1.82, 2.24) is 14.5 Å². The van der Waals surface area contributed by atoms with Gasteiger partial charge in [0.15, 0.2) is 5.78 Å². The topological polar surface area (TPSA) is 72.3 Å². The molecule has 1 aliphatic rings. The van der Waals surface area contributed by atoms with Gasteiger partial charge in [-0.15, -0.1) is 11.8 Å². The number of piperidine rings is 1. The summed E-state index contributed by atoms with van der Waals surface area (Å²) in [7, 11) is 0. The van der Waals surface area contributed by atoms with Crippen molar-refractivity contribution in [2.24, 2.45) is 5.92 Å². The highest BCUT2D eigenvalue weighted by atomic mass is 32.2. The molecule has 6 nitrogen and oxygen atoms in total. The van der Waals surface area contributed by atoms with Gasteiger partial charge in [0, 0.05) is 41.9 Å². The van der Waals surface area contributed by atoms with E-state index in [1.807, 2.05) is 30.5 Å². The zero-order chi connectivity index (χ0) is 18.5. The second kappa shape index (κ2) is 8.31. The number of thioether (sulfide) groups is 1. The highest BCUT2D eigenvalue weighted by Crippen LogP contribution is 2.26. The largest absolute Gasteiger partial charge is 0.347 e. The van der Waals surface area contributed by atoms with Crippen molar-refractivity contribution in [3.8, 4) is 0 Å². The Morgan fingerprint density at radius 1 is 1.27 bits per heavy atom. The van der Waals surface area contributed by atoms with Crippen LogP contribution in [0.4, 0.5) is 0 Å². The molecule has 1 amide bonds. The molecular formula is C19H21N3O3S. The molecule has 2 aromatic rings. The van der Waals surface area contributed by atoms with Crippen molar-refractivity contribution in [3.05, 3.63) is 58.8 Å². The normalized spacial score (nSPS) is 17.1. The third-order valence-corrected chi connectivity index (χ3v) is 5.40. The lowest BCUT2D eigenvalue weighted by Crippen LogP contribution is -2.44. The van der Waals surface area contributed by atoms with Crippen LogP contribution in [0, 0.1) is 5.92 Å². The lowest BCUT2D eigenvalue weighted by molar-refractivity contribution is -0.133. The standard InChI is InChI=1S/C19H21N3O3S/c1-26-16-8-3-2-7-15(16)18(24)14-6-4-10-21(12-14)17(23)13-22-11-5-9-20-19(22)25/h2-3,5,7-9,11,14H,4,6,10,12-13H2,1H3. The fourth-order valence-electron chi connectivity index (χ4n) is 3.24. The van der Waals surface area contributed by atoms with E-state index in [0.29, 0.717) is 13.1 Å². The van der Waals surface area contributed by atoms with Crippen LogP contribution < -0.4 is 5.69 Å². The Bertz CT molecular complexity index is 865. The summed E-state index contributed by atoms with van der Waals surface area (Å²) in [4.78, 5) is 43.5. The Kier molecular flexibility index (Phi) is 5.88. The van der Waals surface area contributed by atoms with Crippen LogP contribution in [-0.4, -0.2) is 45.5 Å². The molecule has 7 heteroatoms. The third kappa shape index (κ3) is 4.04. The summed E-state index contributed by atoms with van der Waals surface area (Å²) in [5, 5.41) is 0. The zero-order valence-electron chi connectivity index (χ0n) is 14.6. The SMILES string of the molecule is CSc1ccccc1C(=O)C1CCCN(C(=O)Cn2cccnc2=O)C1. The van der Waals surface area contributed by atoms with Crippen LogP contribution in [0.25, 0.3) is 0 Å². The van der Waals surface area contributed by atoms with Gasteiger partial charge in [-0.1, -0.05) is 18.2 Å². The summed E-state index contributed by atoms with van der Waals surface area (Å²) in [6, 6.07) is 9.21. The Hall–Kier alpha value is -2.41. The van der Waals surface area contributed by atoms with Gasteiger partial charge in [-0.05, 0) is 31.2 Å². The summed E-state index contributed by atoms with van der Waals surface area (Å²) in [5.74, 6) is -0.270.